The summed E-state index contributed by atoms with van der Waals surface area (Å²) in [6, 6.07) is 10.4. The SMILES string of the molecule is CN(C)C1CCN(CC(C)(C)C(=O)c2ccccc2)CC1. The molecule has 1 heterocycles. The second-order valence-corrected chi connectivity index (χ2v) is 7.05. The Morgan fingerprint density at radius 1 is 1.19 bits per heavy atom. The molecule has 0 atom stereocenters. The molecule has 0 saturated carbocycles. The first-order chi connectivity index (χ1) is 9.90. The van der Waals surface area contributed by atoms with Gasteiger partial charge in [-0.05, 0) is 40.0 Å². The predicted molar refractivity (Wildman–Crippen MR) is 87.7 cm³/mol. The van der Waals surface area contributed by atoms with Gasteiger partial charge in [0.05, 0.1) is 0 Å². The third-order valence-electron chi connectivity index (χ3n) is 4.56. The third kappa shape index (κ3) is 4.14. The van der Waals surface area contributed by atoms with Crippen LogP contribution in [0.1, 0.15) is 37.0 Å². The van der Waals surface area contributed by atoms with E-state index in [9.17, 15) is 4.79 Å². The number of benzene rings is 1. The van der Waals surface area contributed by atoms with Crippen molar-refractivity contribution in [2.24, 2.45) is 5.41 Å². The Bertz CT molecular complexity index is 459. The molecule has 0 amide bonds. The number of hydrogen-bond acceptors (Lipinski definition) is 3. The molecule has 0 N–H and O–H groups in total. The minimum Gasteiger partial charge on any atom is -0.306 e. The average Bonchev–Trinajstić information content (AvgIpc) is 2.47. The number of nitrogens with zero attached hydrogens (tertiary/aromatic N) is 2. The minimum absolute atomic E-state index is 0.248. The van der Waals surface area contributed by atoms with Crippen LogP contribution in [-0.2, 0) is 0 Å². The van der Waals surface area contributed by atoms with Crippen LogP contribution in [0.15, 0.2) is 30.3 Å². The molecule has 1 aromatic carbocycles. The summed E-state index contributed by atoms with van der Waals surface area (Å²) in [5.74, 6) is 0.248. The van der Waals surface area contributed by atoms with E-state index in [-0.39, 0.29) is 11.2 Å². The molecule has 0 aliphatic carbocycles. The molecule has 1 aromatic rings. The quantitative estimate of drug-likeness (QED) is 0.778. The maximum Gasteiger partial charge on any atom is 0.169 e. The van der Waals surface area contributed by atoms with E-state index < -0.39 is 0 Å². The van der Waals surface area contributed by atoms with Crippen molar-refractivity contribution in [2.45, 2.75) is 32.7 Å². The van der Waals surface area contributed by atoms with Gasteiger partial charge in [0.1, 0.15) is 0 Å². The Morgan fingerprint density at radius 2 is 1.76 bits per heavy atom. The molecule has 1 aliphatic heterocycles. The zero-order valence-corrected chi connectivity index (χ0v) is 13.8. The molecule has 3 nitrogen and oxygen atoms in total. The van der Waals surface area contributed by atoms with Crippen LogP contribution >= 0.6 is 0 Å². The Balaban J connectivity index is 1.94. The first kappa shape index (κ1) is 16.2. The highest BCUT2D eigenvalue weighted by molar-refractivity contribution is 6.00. The van der Waals surface area contributed by atoms with Gasteiger partial charge in [-0.25, -0.2) is 0 Å². The standard InChI is InChI=1S/C18H28N2O/c1-18(2,17(21)15-8-6-5-7-9-15)14-20-12-10-16(11-13-20)19(3)4/h5-9,16H,10-14H2,1-4H3. The lowest BCUT2D eigenvalue weighted by Crippen LogP contribution is -2.46. The molecule has 1 saturated heterocycles. The van der Waals surface area contributed by atoms with Crippen molar-refractivity contribution < 1.29 is 4.79 Å². The van der Waals surface area contributed by atoms with Gasteiger partial charge in [-0.1, -0.05) is 44.2 Å². The fraction of sp³-hybridized carbons (Fsp3) is 0.611. The van der Waals surface area contributed by atoms with Crippen LogP contribution in [0.3, 0.4) is 0 Å². The van der Waals surface area contributed by atoms with Crippen molar-refractivity contribution >= 4 is 5.78 Å². The summed E-state index contributed by atoms with van der Waals surface area (Å²) < 4.78 is 0. The number of carbonyl (C=O) groups excluding carboxylic acids is 1. The molecule has 1 aliphatic rings. The van der Waals surface area contributed by atoms with Gasteiger partial charge in [0.25, 0.3) is 0 Å². The number of piperidine rings is 1. The molecule has 0 spiro atoms. The van der Waals surface area contributed by atoms with E-state index in [0.29, 0.717) is 6.04 Å². The van der Waals surface area contributed by atoms with Crippen molar-refractivity contribution in [3.05, 3.63) is 35.9 Å². The highest BCUT2D eigenvalue weighted by Gasteiger charge is 2.32. The van der Waals surface area contributed by atoms with Crippen LogP contribution in [0.5, 0.6) is 0 Å². The van der Waals surface area contributed by atoms with Gasteiger partial charge in [0.15, 0.2) is 5.78 Å². The van der Waals surface area contributed by atoms with Gasteiger partial charge in [-0.2, -0.15) is 0 Å². The normalized spacial score (nSPS) is 18.1. The van der Waals surface area contributed by atoms with Gasteiger partial charge >= 0.3 is 0 Å². The first-order valence-electron chi connectivity index (χ1n) is 7.89. The van der Waals surface area contributed by atoms with Crippen LogP contribution in [0.25, 0.3) is 0 Å². The highest BCUT2D eigenvalue weighted by Crippen LogP contribution is 2.25. The highest BCUT2D eigenvalue weighted by atomic mass is 16.1. The molecule has 0 unspecified atom stereocenters. The second-order valence-electron chi connectivity index (χ2n) is 7.05. The molecule has 1 fully saturated rings. The van der Waals surface area contributed by atoms with Crippen LogP contribution in [-0.4, -0.2) is 55.4 Å². The van der Waals surface area contributed by atoms with Crippen LogP contribution < -0.4 is 0 Å². The van der Waals surface area contributed by atoms with E-state index in [1.165, 1.54) is 12.8 Å². The number of ketones is 1. The maximum atomic E-state index is 12.7. The van der Waals surface area contributed by atoms with Gasteiger partial charge in [-0.3, -0.25) is 4.79 Å². The molecular weight excluding hydrogens is 260 g/mol. The van der Waals surface area contributed by atoms with Crippen LogP contribution in [0, 0.1) is 5.41 Å². The average molecular weight is 288 g/mol. The fourth-order valence-electron chi connectivity index (χ4n) is 3.20. The summed E-state index contributed by atoms with van der Waals surface area (Å²) in [6.07, 6.45) is 2.39. The lowest BCUT2D eigenvalue weighted by molar-refractivity contribution is 0.0695. The molecule has 0 aromatic heterocycles. The topological polar surface area (TPSA) is 23.6 Å². The van der Waals surface area contributed by atoms with E-state index in [2.05, 4.69) is 37.7 Å². The Hall–Kier alpha value is -1.19. The van der Waals surface area contributed by atoms with E-state index in [1.54, 1.807) is 0 Å². The molecular formula is C18H28N2O. The number of hydrogen-bond donors (Lipinski definition) is 0. The van der Waals surface area contributed by atoms with Crippen molar-refractivity contribution in [3.63, 3.8) is 0 Å². The lowest BCUT2D eigenvalue weighted by atomic mass is 9.83. The minimum atomic E-state index is -0.327. The zero-order valence-electron chi connectivity index (χ0n) is 13.8. The number of likely N-dealkylation sites (tertiary alicyclic amines) is 1. The van der Waals surface area contributed by atoms with Crippen LogP contribution in [0.4, 0.5) is 0 Å². The van der Waals surface area contributed by atoms with E-state index in [4.69, 9.17) is 0 Å². The van der Waals surface area contributed by atoms with Crippen molar-refractivity contribution in [2.75, 3.05) is 33.7 Å². The second kappa shape index (κ2) is 6.71. The number of rotatable bonds is 5. The monoisotopic (exact) mass is 288 g/mol. The molecule has 116 valence electrons. The number of carbonyl (C=O) groups is 1. The van der Waals surface area contributed by atoms with Gasteiger partial charge < -0.3 is 9.80 Å². The van der Waals surface area contributed by atoms with E-state index in [0.717, 1.165) is 25.2 Å². The Labute approximate surface area is 128 Å². The molecule has 0 bridgehead atoms. The van der Waals surface area contributed by atoms with Gasteiger partial charge in [0.2, 0.25) is 0 Å². The third-order valence-corrected chi connectivity index (χ3v) is 4.56. The Morgan fingerprint density at radius 3 is 2.29 bits per heavy atom. The lowest BCUT2D eigenvalue weighted by Gasteiger charge is -2.38. The summed E-state index contributed by atoms with van der Waals surface area (Å²) in [6.45, 7) is 7.17. The predicted octanol–water partition coefficient (Wildman–Crippen LogP) is 2.92. The summed E-state index contributed by atoms with van der Waals surface area (Å²) in [7, 11) is 4.31. The van der Waals surface area contributed by atoms with Crippen molar-refractivity contribution in [3.8, 4) is 0 Å². The van der Waals surface area contributed by atoms with Gasteiger partial charge in [-0.15, -0.1) is 0 Å². The summed E-state index contributed by atoms with van der Waals surface area (Å²) in [4.78, 5) is 17.4. The largest absolute Gasteiger partial charge is 0.306 e. The van der Waals surface area contributed by atoms with E-state index in [1.807, 2.05) is 30.3 Å². The summed E-state index contributed by atoms with van der Waals surface area (Å²) in [5.41, 5.74) is 0.498. The summed E-state index contributed by atoms with van der Waals surface area (Å²) in [5, 5.41) is 0. The smallest absolute Gasteiger partial charge is 0.169 e. The molecule has 2 rings (SSSR count). The van der Waals surface area contributed by atoms with Crippen LogP contribution in [0.2, 0.25) is 0 Å². The molecule has 0 radical (unpaired) electrons. The Kier molecular flexibility index (Phi) is 5.17. The molecule has 3 heteroatoms. The maximum absolute atomic E-state index is 12.7. The fourth-order valence-corrected chi connectivity index (χ4v) is 3.20. The zero-order chi connectivity index (χ0) is 15.5. The van der Waals surface area contributed by atoms with Crippen molar-refractivity contribution in [1.29, 1.82) is 0 Å². The van der Waals surface area contributed by atoms with Gasteiger partial charge in [0, 0.05) is 23.6 Å². The van der Waals surface area contributed by atoms with E-state index >= 15 is 0 Å². The number of Topliss-reactive ketones (excluding diaryl/α,β-unsaturated/α-hetero) is 1. The first-order valence-corrected chi connectivity index (χ1v) is 7.89. The molecule has 21 heavy (non-hydrogen) atoms. The van der Waals surface area contributed by atoms with Crippen molar-refractivity contribution in [1.82, 2.24) is 9.80 Å². The summed E-state index contributed by atoms with van der Waals surface area (Å²) >= 11 is 0.